The third-order valence-corrected chi connectivity index (χ3v) is 3.00. The first-order valence-electron chi connectivity index (χ1n) is 5.12. The van der Waals surface area contributed by atoms with Crippen molar-refractivity contribution in [1.82, 2.24) is 9.80 Å². The molecule has 2 amide bonds. The molecular formula is C11H14ClN3O. The van der Waals surface area contributed by atoms with Crippen molar-refractivity contribution in [2.75, 3.05) is 25.9 Å². The van der Waals surface area contributed by atoms with Crippen LogP contribution in [-0.4, -0.2) is 36.0 Å². The second-order valence-electron chi connectivity index (χ2n) is 3.97. The van der Waals surface area contributed by atoms with Crippen LogP contribution in [0.5, 0.6) is 0 Å². The molecule has 86 valence electrons. The molecule has 4 nitrogen and oxygen atoms in total. The van der Waals surface area contributed by atoms with E-state index in [9.17, 15) is 4.79 Å². The van der Waals surface area contributed by atoms with Crippen molar-refractivity contribution in [1.29, 1.82) is 0 Å². The predicted molar refractivity (Wildman–Crippen MR) is 64.3 cm³/mol. The van der Waals surface area contributed by atoms with E-state index in [1.54, 1.807) is 29.0 Å². The standard InChI is InChI=1S/C11H14ClN3O/c1-14-4-5-15(11(14)16)7-8-6-9(12)2-3-10(8)13/h2-3,6H,4-5,7,13H2,1H3. The monoisotopic (exact) mass is 239 g/mol. The molecule has 0 saturated carbocycles. The zero-order chi connectivity index (χ0) is 11.7. The van der Waals surface area contributed by atoms with E-state index >= 15 is 0 Å². The lowest BCUT2D eigenvalue weighted by Crippen LogP contribution is -2.29. The summed E-state index contributed by atoms with van der Waals surface area (Å²) < 4.78 is 0. The molecule has 1 fully saturated rings. The van der Waals surface area contributed by atoms with Gasteiger partial charge in [0.1, 0.15) is 0 Å². The van der Waals surface area contributed by atoms with Crippen molar-refractivity contribution in [3.8, 4) is 0 Å². The highest BCUT2D eigenvalue weighted by Gasteiger charge is 2.25. The summed E-state index contributed by atoms with van der Waals surface area (Å²) in [6, 6.07) is 5.36. The van der Waals surface area contributed by atoms with Crippen LogP contribution in [0.1, 0.15) is 5.56 Å². The third kappa shape index (κ3) is 2.07. The maximum atomic E-state index is 11.7. The molecule has 2 N–H and O–H groups in total. The van der Waals surface area contributed by atoms with Crippen LogP contribution in [0.15, 0.2) is 18.2 Å². The van der Waals surface area contributed by atoms with E-state index in [2.05, 4.69) is 0 Å². The molecule has 0 spiro atoms. The fourth-order valence-electron chi connectivity index (χ4n) is 1.77. The smallest absolute Gasteiger partial charge is 0.320 e. The summed E-state index contributed by atoms with van der Waals surface area (Å²) in [5.74, 6) is 0. The van der Waals surface area contributed by atoms with Gasteiger partial charge in [-0.05, 0) is 23.8 Å². The molecule has 2 rings (SSSR count). The van der Waals surface area contributed by atoms with E-state index < -0.39 is 0 Å². The minimum absolute atomic E-state index is 0.0411. The fraction of sp³-hybridized carbons (Fsp3) is 0.364. The van der Waals surface area contributed by atoms with Gasteiger partial charge in [0.05, 0.1) is 0 Å². The maximum absolute atomic E-state index is 11.7. The fourth-order valence-corrected chi connectivity index (χ4v) is 1.96. The van der Waals surface area contributed by atoms with Gasteiger partial charge in [0.25, 0.3) is 0 Å². The number of nitrogens with zero attached hydrogens (tertiary/aromatic N) is 2. The van der Waals surface area contributed by atoms with Crippen LogP contribution < -0.4 is 5.73 Å². The summed E-state index contributed by atoms with van der Waals surface area (Å²) in [5.41, 5.74) is 7.41. The van der Waals surface area contributed by atoms with Crippen LogP contribution in [0, 0.1) is 0 Å². The second-order valence-corrected chi connectivity index (χ2v) is 4.41. The van der Waals surface area contributed by atoms with Crippen molar-refractivity contribution >= 4 is 23.3 Å². The van der Waals surface area contributed by atoms with E-state index in [-0.39, 0.29) is 6.03 Å². The Balaban J connectivity index is 2.15. The van der Waals surface area contributed by atoms with Gasteiger partial charge in [0, 0.05) is 37.4 Å². The van der Waals surface area contributed by atoms with Crippen molar-refractivity contribution in [2.45, 2.75) is 6.54 Å². The zero-order valence-corrected chi connectivity index (χ0v) is 9.87. The van der Waals surface area contributed by atoms with Gasteiger partial charge >= 0.3 is 6.03 Å². The molecule has 0 radical (unpaired) electrons. The lowest BCUT2D eigenvalue weighted by Gasteiger charge is -2.17. The van der Waals surface area contributed by atoms with Gasteiger partial charge in [0.2, 0.25) is 0 Å². The third-order valence-electron chi connectivity index (χ3n) is 2.77. The molecule has 1 saturated heterocycles. The quantitative estimate of drug-likeness (QED) is 0.800. The van der Waals surface area contributed by atoms with Crippen molar-refractivity contribution in [3.05, 3.63) is 28.8 Å². The van der Waals surface area contributed by atoms with Crippen LogP contribution in [0.25, 0.3) is 0 Å². The number of amides is 2. The van der Waals surface area contributed by atoms with Gasteiger partial charge in [0.15, 0.2) is 0 Å². The van der Waals surface area contributed by atoms with Crippen LogP contribution in [0.4, 0.5) is 10.5 Å². The molecule has 1 aliphatic heterocycles. The molecule has 0 bridgehead atoms. The Kier molecular flexibility index (Phi) is 2.92. The van der Waals surface area contributed by atoms with Crippen molar-refractivity contribution < 1.29 is 4.79 Å². The van der Waals surface area contributed by atoms with Crippen molar-refractivity contribution in [3.63, 3.8) is 0 Å². The molecule has 1 aliphatic rings. The summed E-state index contributed by atoms with van der Waals surface area (Å²) in [6.07, 6.45) is 0. The number of nitrogens with two attached hydrogens (primary N) is 1. The summed E-state index contributed by atoms with van der Waals surface area (Å²) in [4.78, 5) is 15.1. The molecule has 0 unspecified atom stereocenters. The molecule has 1 aromatic carbocycles. The number of rotatable bonds is 2. The van der Waals surface area contributed by atoms with E-state index in [0.29, 0.717) is 17.3 Å². The highest BCUT2D eigenvalue weighted by atomic mass is 35.5. The van der Waals surface area contributed by atoms with Gasteiger partial charge in [-0.2, -0.15) is 0 Å². The SMILES string of the molecule is CN1CCN(Cc2cc(Cl)ccc2N)C1=O. The predicted octanol–water partition coefficient (Wildman–Crippen LogP) is 1.79. The molecule has 1 aromatic rings. The number of anilines is 1. The summed E-state index contributed by atoms with van der Waals surface area (Å²) in [6.45, 7) is 2.02. The Bertz CT molecular complexity index is 422. The summed E-state index contributed by atoms with van der Waals surface area (Å²) in [7, 11) is 1.80. The van der Waals surface area contributed by atoms with E-state index in [4.69, 9.17) is 17.3 Å². The highest BCUT2D eigenvalue weighted by molar-refractivity contribution is 6.30. The normalized spacial score (nSPS) is 16.0. The van der Waals surface area contributed by atoms with Crippen LogP contribution in [0.3, 0.4) is 0 Å². The number of benzene rings is 1. The number of hydrogen-bond acceptors (Lipinski definition) is 2. The van der Waals surface area contributed by atoms with Crippen molar-refractivity contribution in [2.24, 2.45) is 0 Å². The van der Waals surface area contributed by atoms with Crippen LogP contribution in [0.2, 0.25) is 5.02 Å². The molecule has 16 heavy (non-hydrogen) atoms. The van der Waals surface area contributed by atoms with E-state index in [1.807, 2.05) is 6.07 Å². The van der Waals surface area contributed by atoms with E-state index in [0.717, 1.165) is 18.7 Å². The number of halogens is 1. The van der Waals surface area contributed by atoms with Crippen LogP contribution in [-0.2, 0) is 6.54 Å². The average Bonchev–Trinajstić information content (AvgIpc) is 2.55. The molecule has 1 heterocycles. The van der Waals surface area contributed by atoms with Gasteiger partial charge in [-0.15, -0.1) is 0 Å². The number of likely N-dealkylation sites (N-methyl/N-ethyl adjacent to an activating group) is 1. The molecular weight excluding hydrogens is 226 g/mol. The molecule has 0 aliphatic carbocycles. The maximum Gasteiger partial charge on any atom is 0.320 e. The first-order valence-corrected chi connectivity index (χ1v) is 5.49. The number of carbonyl (C=O) groups is 1. The lowest BCUT2D eigenvalue weighted by atomic mass is 10.2. The van der Waals surface area contributed by atoms with Crippen LogP contribution >= 0.6 is 11.6 Å². The van der Waals surface area contributed by atoms with Gasteiger partial charge in [-0.1, -0.05) is 11.6 Å². The highest BCUT2D eigenvalue weighted by Crippen LogP contribution is 2.21. The zero-order valence-electron chi connectivity index (χ0n) is 9.11. The minimum atomic E-state index is 0.0411. The second kappa shape index (κ2) is 4.22. The molecule has 0 atom stereocenters. The van der Waals surface area contributed by atoms with Gasteiger partial charge in [-0.25, -0.2) is 4.79 Å². The number of urea groups is 1. The van der Waals surface area contributed by atoms with Gasteiger partial charge < -0.3 is 15.5 Å². The Hall–Kier alpha value is -1.42. The molecule has 0 aromatic heterocycles. The Morgan fingerprint density at radius 2 is 2.19 bits per heavy atom. The average molecular weight is 240 g/mol. The lowest BCUT2D eigenvalue weighted by molar-refractivity contribution is 0.197. The summed E-state index contributed by atoms with van der Waals surface area (Å²) >= 11 is 5.90. The van der Waals surface area contributed by atoms with E-state index in [1.165, 1.54) is 0 Å². The first kappa shape index (κ1) is 11.1. The first-order chi connectivity index (χ1) is 7.58. The largest absolute Gasteiger partial charge is 0.398 e. The Morgan fingerprint density at radius 3 is 2.81 bits per heavy atom. The Morgan fingerprint density at radius 1 is 1.44 bits per heavy atom. The van der Waals surface area contributed by atoms with Gasteiger partial charge in [-0.3, -0.25) is 0 Å². The number of hydrogen-bond donors (Lipinski definition) is 1. The minimum Gasteiger partial charge on any atom is -0.398 e. The number of nitrogen functional groups attached to an aromatic ring is 1. The summed E-state index contributed by atoms with van der Waals surface area (Å²) in [5, 5.41) is 0.643. The molecule has 5 heteroatoms. The number of carbonyl (C=O) groups excluding carboxylic acids is 1. The topological polar surface area (TPSA) is 49.6 Å². The Labute approximate surface area is 99.6 Å².